The van der Waals surface area contributed by atoms with E-state index in [1.54, 1.807) is 53.7 Å². The van der Waals surface area contributed by atoms with Gasteiger partial charge in [-0.05, 0) is 78.1 Å². The Morgan fingerprint density at radius 3 is 2.15 bits per heavy atom. The van der Waals surface area contributed by atoms with E-state index in [0.29, 0.717) is 5.69 Å². The van der Waals surface area contributed by atoms with E-state index in [4.69, 9.17) is 9.47 Å². The molecule has 0 saturated carbocycles. The number of hydrazine groups is 1. The quantitative estimate of drug-likeness (QED) is 0.482. The molecule has 0 bridgehead atoms. The molecule has 2 saturated heterocycles. The molecular weight excluding hydrogens is 518 g/mol. The molecule has 0 radical (unpaired) electrons. The molecule has 1 aromatic rings. The number of amides is 4. The lowest BCUT2D eigenvalue weighted by Gasteiger charge is -2.35. The Kier molecular flexibility index (Phi) is 9.13. The van der Waals surface area contributed by atoms with Crippen LogP contribution in [-0.2, 0) is 19.1 Å². The lowest BCUT2D eigenvalue weighted by atomic mass is 10.0. The predicted octanol–water partition coefficient (Wildman–Crippen LogP) is 3.08. The second-order valence-electron chi connectivity index (χ2n) is 12.5. The first-order valence-corrected chi connectivity index (χ1v) is 13.5. The molecule has 2 heterocycles. The van der Waals surface area contributed by atoms with Gasteiger partial charge in [0.2, 0.25) is 0 Å². The van der Waals surface area contributed by atoms with E-state index in [0.717, 1.165) is 10.0 Å². The van der Waals surface area contributed by atoms with Crippen LogP contribution in [0.15, 0.2) is 24.3 Å². The number of hydrogen-bond donors (Lipinski definition) is 3. The van der Waals surface area contributed by atoms with Crippen molar-refractivity contribution in [3.8, 4) is 0 Å². The average molecular weight is 560 g/mol. The van der Waals surface area contributed by atoms with Crippen LogP contribution in [0.25, 0.3) is 0 Å². The molecule has 2 aliphatic heterocycles. The van der Waals surface area contributed by atoms with Crippen LogP contribution in [0.5, 0.6) is 0 Å². The summed E-state index contributed by atoms with van der Waals surface area (Å²) in [7, 11) is 0. The lowest BCUT2D eigenvalue weighted by molar-refractivity contribution is -0.152. The Morgan fingerprint density at radius 1 is 1.00 bits per heavy atom. The number of Topliss-reactive ketones (excluding diaryl/α,β-unsaturated/α-hetero) is 1. The lowest BCUT2D eigenvalue weighted by Crippen LogP contribution is -2.58. The number of carbonyl (C=O) groups excluding carboxylic acids is 5. The Morgan fingerprint density at radius 2 is 1.60 bits per heavy atom. The van der Waals surface area contributed by atoms with Gasteiger partial charge in [-0.2, -0.15) is 0 Å². The van der Waals surface area contributed by atoms with Crippen LogP contribution in [0, 0.1) is 5.92 Å². The molecule has 3 atom stereocenters. The third-order valence-electron chi connectivity index (χ3n) is 6.08. The molecule has 0 spiro atoms. The summed E-state index contributed by atoms with van der Waals surface area (Å²) in [6.45, 7) is 14.4. The number of ether oxygens (including phenoxy) is 2. The first-order valence-electron chi connectivity index (χ1n) is 13.5. The highest BCUT2D eigenvalue weighted by atomic mass is 16.6. The van der Waals surface area contributed by atoms with Crippen LogP contribution in [-0.4, -0.2) is 82.2 Å². The molecule has 0 unspecified atom stereocenters. The van der Waals surface area contributed by atoms with Crippen LogP contribution >= 0.6 is 0 Å². The Balaban J connectivity index is 1.79. The third-order valence-corrected chi connectivity index (χ3v) is 6.08. The molecule has 3 N–H and O–H groups in total. The van der Waals surface area contributed by atoms with Crippen LogP contribution in [0.2, 0.25) is 0 Å². The minimum Gasteiger partial charge on any atom is -0.444 e. The maximum absolute atomic E-state index is 13.9. The molecular formula is C28H41N5O7. The van der Waals surface area contributed by atoms with Crippen molar-refractivity contribution in [3.63, 3.8) is 0 Å². The number of rotatable bonds is 6. The fraction of sp³-hybridized carbons (Fsp3) is 0.607. The number of carbonyl (C=O) groups is 5. The topological polar surface area (TPSA) is 146 Å². The van der Waals surface area contributed by atoms with Gasteiger partial charge in [0.15, 0.2) is 5.78 Å². The van der Waals surface area contributed by atoms with Gasteiger partial charge in [-0.1, -0.05) is 13.8 Å². The molecule has 220 valence electrons. The van der Waals surface area contributed by atoms with Gasteiger partial charge in [-0.25, -0.2) is 19.6 Å². The van der Waals surface area contributed by atoms with Crippen molar-refractivity contribution in [1.82, 2.24) is 20.7 Å². The number of anilines is 1. The van der Waals surface area contributed by atoms with E-state index in [2.05, 4.69) is 16.0 Å². The summed E-state index contributed by atoms with van der Waals surface area (Å²) in [5.74, 6) is -1.29. The summed E-state index contributed by atoms with van der Waals surface area (Å²) < 4.78 is 10.7. The standard InChI is InChI=1S/C28H41N5O7/c1-16(2)13-19(31-23(35)17-9-11-18(12-10-17)30-25(37)39-27(3,4)5)24(36)33-22-20(29-14-21(22)34)15-32(33)26(38)40-28(6,7)8/h9-12,16,19-20,22,29H,13-15H2,1-8H3,(H,30,37)(H,31,35)/t19-,20+,22-/m0/s1. The minimum absolute atomic E-state index is 0.0143. The highest BCUT2D eigenvalue weighted by Gasteiger charge is 2.53. The van der Waals surface area contributed by atoms with Gasteiger partial charge >= 0.3 is 12.2 Å². The Bertz CT molecular complexity index is 1140. The molecule has 2 aliphatic rings. The molecule has 40 heavy (non-hydrogen) atoms. The zero-order valence-corrected chi connectivity index (χ0v) is 24.5. The van der Waals surface area contributed by atoms with Crippen molar-refractivity contribution in [1.29, 1.82) is 0 Å². The normalized spacial score (nSPS) is 19.8. The van der Waals surface area contributed by atoms with Crippen LogP contribution in [0.1, 0.15) is 72.2 Å². The van der Waals surface area contributed by atoms with Crippen molar-refractivity contribution in [2.45, 2.75) is 91.1 Å². The summed E-state index contributed by atoms with van der Waals surface area (Å²) in [6, 6.07) is 3.83. The largest absolute Gasteiger partial charge is 0.444 e. The summed E-state index contributed by atoms with van der Waals surface area (Å²) >= 11 is 0. The summed E-state index contributed by atoms with van der Waals surface area (Å²) in [5, 5.41) is 10.8. The van der Waals surface area contributed by atoms with Gasteiger partial charge in [0.05, 0.1) is 19.1 Å². The number of nitrogens with zero attached hydrogens (tertiary/aromatic N) is 2. The molecule has 1 aromatic carbocycles. The van der Waals surface area contributed by atoms with Crippen molar-refractivity contribution in [3.05, 3.63) is 29.8 Å². The molecule has 3 rings (SSSR count). The van der Waals surface area contributed by atoms with Crippen molar-refractivity contribution in [2.75, 3.05) is 18.4 Å². The van der Waals surface area contributed by atoms with E-state index in [1.165, 1.54) is 12.1 Å². The Labute approximate surface area is 235 Å². The maximum atomic E-state index is 13.9. The van der Waals surface area contributed by atoms with Gasteiger partial charge < -0.3 is 20.1 Å². The molecule has 0 aliphatic carbocycles. The minimum atomic E-state index is -1.01. The fourth-order valence-corrected chi connectivity index (χ4v) is 4.52. The van der Waals surface area contributed by atoms with E-state index in [9.17, 15) is 24.0 Å². The van der Waals surface area contributed by atoms with Gasteiger partial charge in [0, 0.05) is 11.3 Å². The number of nitrogens with one attached hydrogen (secondary N) is 3. The smallest absolute Gasteiger partial charge is 0.429 e. The number of hydrogen-bond acceptors (Lipinski definition) is 8. The van der Waals surface area contributed by atoms with E-state index in [-0.39, 0.29) is 36.8 Å². The van der Waals surface area contributed by atoms with Gasteiger partial charge in [0.25, 0.3) is 11.8 Å². The molecule has 12 heteroatoms. The van der Waals surface area contributed by atoms with Crippen molar-refractivity contribution >= 4 is 35.5 Å². The number of benzene rings is 1. The van der Waals surface area contributed by atoms with E-state index in [1.807, 2.05) is 13.8 Å². The zero-order chi connectivity index (χ0) is 30.0. The number of ketones is 1. The first kappa shape index (κ1) is 30.9. The highest BCUT2D eigenvalue weighted by molar-refractivity contribution is 6.00. The molecule has 2 fully saturated rings. The first-order chi connectivity index (χ1) is 18.4. The molecule has 0 aromatic heterocycles. The third kappa shape index (κ3) is 7.93. The summed E-state index contributed by atoms with van der Waals surface area (Å²) in [5.41, 5.74) is -0.769. The van der Waals surface area contributed by atoms with E-state index < -0.39 is 53.3 Å². The van der Waals surface area contributed by atoms with Gasteiger partial charge in [-0.15, -0.1) is 0 Å². The maximum Gasteiger partial charge on any atom is 0.429 e. The second-order valence-corrected chi connectivity index (χ2v) is 12.5. The summed E-state index contributed by atoms with van der Waals surface area (Å²) in [6.07, 6.45) is -1.09. The number of fused-ring (bicyclic) bond motifs is 1. The SMILES string of the molecule is CC(C)C[C@H](NC(=O)c1ccc(NC(=O)OC(C)(C)C)cc1)C(=O)N1[C@@H]2C(=O)CN[C@@H]2CN1C(=O)OC(C)(C)C. The van der Waals surface area contributed by atoms with Gasteiger partial charge in [-0.3, -0.25) is 19.7 Å². The highest BCUT2D eigenvalue weighted by Crippen LogP contribution is 2.27. The van der Waals surface area contributed by atoms with Crippen LogP contribution < -0.4 is 16.0 Å². The van der Waals surface area contributed by atoms with Crippen LogP contribution in [0.4, 0.5) is 15.3 Å². The van der Waals surface area contributed by atoms with Gasteiger partial charge in [0.1, 0.15) is 23.3 Å². The van der Waals surface area contributed by atoms with Crippen molar-refractivity contribution < 1.29 is 33.4 Å². The Hall–Kier alpha value is -3.67. The second kappa shape index (κ2) is 11.8. The van der Waals surface area contributed by atoms with E-state index >= 15 is 0 Å². The van der Waals surface area contributed by atoms with Crippen molar-refractivity contribution in [2.24, 2.45) is 5.92 Å². The average Bonchev–Trinajstić information content (AvgIpc) is 3.35. The monoisotopic (exact) mass is 559 g/mol. The summed E-state index contributed by atoms with van der Waals surface area (Å²) in [4.78, 5) is 64.9. The molecule has 4 amide bonds. The fourth-order valence-electron chi connectivity index (χ4n) is 4.52. The predicted molar refractivity (Wildman–Crippen MR) is 147 cm³/mol. The zero-order valence-electron chi connectivity index (χ0n) is 24.5. The van der Waals surface area contributed by atoms with Crippen LogP contribution in [0.3, 0.4) is 0 Å². The molecule has 12 nitrogen and oxygen atoms in total.